The Balaban J connectivity index is 1.37. The molecule has 0 radical (unpaired) electrons. The zero-order valence-electron chi connectivity index (χ0n) is 16.0. The van der Waals surface area contributed by atoms with Crippen LogP contribution in [0.15, 0.2) is 62.3 Å². The highest BCUT2D eigenvalue weighted by atomic mass is 16.5. The third-order valence-corrected chi connectivity index (χ3v) is 4.57. The van der Waals surface area contributed by atoms with Crippen molar-refractivity contribution >= 4 is 22.7 Å². The zero-order valence-corrected chi connectivity index (χ0v) is 16.0. The lowest BCUT2D eigenvalue weighted by molar-refractivity contribution is -0.116. The largest absolute Gasteiger partial charge is 0.497 e. The van der Waals surface area contributed by atoms with Crippen LogP contribution in [0.4, 0.5) is 5.69 Å². The van der Waals surface area contributed by atoms with Crippen LogP contribution in [-0.4, -0.2) is 22.6 Å². The number of anilines is 1. The maximum absolute atomic E-state index is 12.2. The van der Waals surface area contributed by atoms with Crippen LogP contribution in [0.5, 0.6) is 5.75 Å². The normalized spacial score (nSPS) is 11.0. The number of aryl methyl sites for hydroxylation is 2. The molecule has 4 rings (SSSR count). The molecular formula is C21H19N3O5. The second-order valence-electron chi connectivity index (χ2n) is 6.50. The van der Waals surface area contributed by atoms with Crippen molar-refractivity contribution < 1.29 is 18.4 Å². The monoisotopic (exact) mass is 393 g/mol. The van der Waals surface area contributed by atoms with Crippen LogP contribution >= 0.6 is 0 Å². The van der Waals surface area contributed by atoms with E-state index in [9.17, 15) is 9.59 Å². The highest BCUT2D eigenvalue weighted by molar-refractivity contribution is 5.92. The minimum atomic E-state index is -0.444. The molecule has 0 bridgehead atoms. The minimum absolute atomic E-state index is 0.188. The van der Waals surface area contributed by atoms with Crippen molar-refractivity contribution in [3.63, 3.8) is 0 Å². The molecule has 0 aliphatic carbocycles. The summed E-state index contributed by atoms with van der Waals surface area (Å²) in [4.78, 5) is 28.0. The van der Waals surface area contributed by atoms with Gasteiger partial charge in [0.05, 0.1) is 18.8 Å². The summed E-state index contributed by atoms with van der Waals surface area (Å²) in [5.74, 6) is 1.24. The summed E-state index contributed by atoms with van der Waals surface area (Å²) in [6.45, 7) is 0. The van der Waals surface area contributed by atoms with Crippen LogP contribution in [0.25, 0.3) is 22.4 Å². The molecule has 148 valence electrons. The van der Waals surface area contributed by atoms with Crippen molar-refractivity contribution in [1.29, 1.82) is 0 Å². The van der Waals surface area contributed by atoms with Gasteiger partial charge in [-0.25, -0.2) is 9.78 Å². The van der Waals surface area contributed by atoms with Gasteiger partial charge in [0.15, 0.2) is 17.2 Å². The summed E-state index contributed by atoms with van der Waals surface area (Å²) in [5, 5.41) is 2.79. The molecule has 2 heterocycles. The molecular weight excluding hydrogens is 374 g/mol. The van der Waals surface area contributed by atoms with E-state index in [1.165, 1.54) is 4.57 Å². The van der Waals surface area contributed by atoms with Crippen molar-refractivity contribution in [1.82, 2.24) is 9.55 Å². The number of carbonyl (C=O) groups is 1. The SMILES string of the molecule is COc1ccc(-c2cnc(CCC(=O)Nc3ccc4c(c3)oc(=O)n4C)o2)cc1. The van der Waals surface area contributed by atoms with Crippen LogP contribution in [0.2, 0.25) is 0 Å². The number of aromatic nitrogens is 2. The summed E-state index contributed by atoms with van der Waals surface area (Å²) in [6, 6.07) is 12.5. The first kappa shape index (κ1) is 18.5. The third kappa shape index (κ3) is 3.91. The number of hydrogen-bond acceptors (Lipinski definition) is 6. The van der Waals surface area contributed by atoms with E-state index in [-0.39, 0.29) is 12.3 Å². The number of fused-ring (bicyclic) bond motifs is 1. The fourth-order valence-corrected chi connectivity index (χ4v) is 2.97. The molecule has 2 aromatic heterocycles. The van der Waals surface area contributed by atoms with Crippen molar-refractivity contribution in [3.05, 3.63) is 65.1 Å². The van der Waals surface area contributed by atoms with Gasteiger partial charge in [0, 0.05) is 37.2 Å². The number of nitrogens with zero attached hydrogens (tertiary/aromatic N) is 2. The van der Waals surface area contributed by atoms with E-state index in [0.717, 1.165) is 11.3 Å². The average Bonchev–Trinajstić information content (AvgIpc) is 3.31. The van der Waals surface area contributed by atoms with Crippen LogP contribution in [0.3, 0.4) is 0 Å². The minimum Gasteiger partial charge on any atom is -0.497 e. The fourth-order valence-electron chi connectivity index (χ4n) is 2.97. The van der Waals surface area contributed by atoms with Gasteiger partial charge in [0.25, 0.3) is 0 Å². The number of hydrogen-bond donors (Lipinski definition) is 1. The Morgan fingerprint density at radius 1 is 1.17 bits per heavy atom. The summed E-state index contributed by atoms with van der Waals surface area (Å²) < 4.78 is 17.4. The number of oxazole rings is 2. The van der Waals surface area contributed by atoms with Gasteiger partial charge in [-0.2, -0.15) is 0 Å². The number of nitrogens with one attached hydrogen (secondary N) is 1. The number of rotatable bonds is 6. The van der Waals surface area contributed by atoms with Crippen LogP contribution in [-0.2, 0) is 18.3 Å². The molecule has 1 amide bonds. The molecule has 8 nitrogen and oxygen atoms in total. The second-order valence-corrected chi connectivity index (χ2v) is 6.50. The topological polar surface area (TPSA) is 99.5 Å². The molecule has 0 spiro atoms. The summed E-state index contributed by atoms with van der Waals surface area (Å²) in [7, 11) is 3.24. The van der Waals surface area contributed by atoms with E-state index in [2.05, 4.69) is 10.3 Å². The first-order chi connectivity index (χ1) is 14.0. The number of carbonyl (C=O) groups excluding carboxylic acids is 1. The molecule has 4 aromatic rings. The summed E-state index contributed by atoms with van der Waals surface area (Å²) in [6.07, 6.45) is 2.21. The number of amides is 1. The van der Waals surface area contributed by atoms with Gasteiger partial charge in [-0.1, -0.05) is 0 Å². The quantitative estimate of drug-likeness (QED) is 0.539. The zero-order chi connectivity index (χ0) is 20.4. The number of ether oxygens (including phenoxy) is 1. The Morgan fingerprint density at radius 2 is 1.97 bits per heavy atom. The highest BCUT2D eigenvalue weighted by Crippen LogP contribution is 2.23. The lowest BCUT2D eigenvalue weighted by Gasteiger charge is -2.04. The van der Waals surface area contributed by atoms with E-state index in [0.29, 0.717) is 34.9 Å². The maximum atomic E-state index is 12.2. The molecule has 0 fully saturated rings. The van der Waals surface area contributed by atoms with Gasteiger partial charge in [0.2, 0.25) is 5.91 Å². The van der Waals surface area contributed by atoms with E-state index in [1.54, 1.807) is 38.6 Å². The van der Waals surface area contributed by atoms with Gasteiger partial charge in [-0.15, -0.1) is 0 Å². The molecule has 0 atom stereocenters. The summed E-state index contributed by atoms with van der Waals surface area (Å²) in [5.41, 5.74) is 2.53. The molecule has 8 heteroatoms. The Hall–Kier alpha value is -3.81. The number of methoxy groups -OCH3 is 1. The first-order valence-corrected chi connectivity index (χ1v) is 9.02. The van der Waals surface area contributed by atoms with Gasteiger partial charge in [0.1, 0.15) is 5.75 Å². The molecule has 1 N–H and O–H groups in total. The van der Waals surface area contributed by atoms with Gasteiger partial charge >= 0.3 is 5.76 Å². The summed E-state index contributed by atoms with van der Waals surface area (Å²) >= 11 is 0. The maximum Gasteiger partial charge on any atom is 0.419 e. The molecule has 0 aliphatic rings. The highest BCUT2D eigenvalue weighted by Gasteiger charge is 2.11. The van der Waals surface area contributed by atoms with Crippen molar-refractivity contribution in [3.8, 4) is 17.1 Å². The van der Waals surface area contributed by atoms with E-state index in [4.69, 9.17) is 13.6 Å². The lowest BCUT2D eigenvalue weighted by Crippen LogP contribution is -2.12. The third-order valence-electron chi connectivity index (χ3n) is 4.57. The average molecular weight is 393 g/mol. The molecule has 0 unspecified atom stereocenters. The van der Waals surface area contributed by atoms with Crippen molar-refractivity contribution in [2.75, 3.05) is 12.4 Å². The van der Waals surface area contributed by atoms with Gasteiger partial charge < -0.3 is 18.9 Å². The van der Waals surface area contributed by atoms with E-state index < -0.39 is 5.76 Å². The second kappa shape index (κ2) is 7.67. The standard InChI is InChI=1S/C21H19N3O5/c1-24-16-8-5-14(11-17(16)29-21(24)26)23-19(25)9-10-20-22-12-18(28-20)13-3-6-15(27-2)7-4-13/h3-8,11-12H,9-10H2,1-2H3,(H,23,25). The smallest absolute Gasteiger partial charge is 0.419 e. The van der Waals surface area contributed by atoms with Crippen molar-refractivity contribution in [2.24, 2.45) is 7.05 Å². The van der Waals surface area contributed by atoms with E-state index in [1.807, 2.05) is 24.3 Å². The van der Waals surface area contributed by atoms with Gasteiger partial charge in [-0.05, 0) is 36.4 Å². The lowest BCUT2D eigenvalue weighted by atomic mass is 10.2. The predicted molar refractivity (Wildman–Crippen MR) is 107 cm³/mol. The van der Waals surface area contributed by atoms with Crippen LogP contribution in [0, 0.1) is 0 Å². The van der Waals surface area contributed by atoms with Gasteiger partial charge in [-0.3, -0.25) is 9.36 Å². The fraction of sp³-hybridized carbons (Fsp3) is 0.190. The molecule has 2 aromatic carbocycles. The van der Waals surface area contributed by atoms with Crippen LogP contribution in [0.1, 0.15) is 12.3 Å². The van der Waals surface area contributed by atoms with Crippen LogP contribution < -0.4 is 15.8 Å². The molecule has 0 saturated carbocycles. The first-order valence-electron chi connectivity index (χ1n) is 9.02. The Morgan fingerprint density at radius 3 is 2.72 bits per heavy atom. The molecule has 0 saturated heterocycles. The Kier molecular flexibility index (Phi) is 4.90. The number of benzene rings is 2. The molecule has 29 heavy (non-hydrogen) atoms. The van der Waals surface area contributed by atoms with E-state index >= 15 is 0 Å². The Labute approximate surface area is 165 Å². The van der Waals surface area contributed by atoms with Crippen molar-refractivity contribution in [2.45, 2.75) is 12.8 Å². The molecule has 0 aliphatic heterocycles. The Bertz CT molecular complexity index is 1220. The predicted octanol–water partition coefficient (Wildman–Crippen LogP) is 3.37.